The SMILES string of the molecule is NCCCCCCCCCCCNCc1cccc(CNCCCNCCCNCCCN)c1. The van der Waals surface area contributed by atoms with Gasteiger partial charge in [-0.25, -0.2) is 0 Å². The molecule has 0 fully saturated rings. The Morgan fingerprint density at radius 3 is 1.38 bits per heavy atom. The molecule has 0 radical (unpaired) electrons. The van der Waals surface area contributed by atoms with E-state index in [-0.39, 0.29) is 0 Å². The minimum Gasteiger partial charge on any atom is -0.330 e. The summed E-state index contributed by atoms with van der Waals surface area (Å²) in [5.74, 6) is 0. The lowest BCUT2D eigenvalue weighted by Crippen LogP contribution is -2.26. The van der Waals surface area contributed by atoms with Crippen molar-refractivity contribution in [3.8, 4) is 0 Å². The highest BCUT2D eigenvalue weighted by Gasteiger charge is 1.98. The largest absolute Gasteiger partial charge is 0.330 e. The lowest BCUT2D eigenvalue weighted by atomic mass is 10.1. The van der Waals surface area contributed by atoms with Crippen molar-refractivity contribution in [1.82, 2.24) is 21.3 Å². The summed E-state index contributed by atoms with van der Waals surface area (Å²) < 4.78 is 0. The molecule has 0 atom stereocenters. The zero-order chi connectivity index (χ0) is 24.4. The molecule has 1 aromatic carbocycles. The summed E-state index contributed by atoms with van der Waals surface area (Å²) in [5, 5.41) is 14.1. The van der Waals surface area contributed by atoms with Gasteiger partial charge < -0.3 is 32.7 Å². The van der Waals surface area contributed by atoms with Gasteiger partial charge in [-0.3, -0.25) is 0 Å². The van der Waals surface area contributed by atoms with Crippen molar-refractivity contribution >= 4 is 0 Å². The van der Waals surface area contributed by atoms with Crippen molar-refractivity contribution in [2.24, 2.45) is 11.5 Å². The van der Waals surface area contributed by atoms with Crippen molar-refractivity contribution in [2.45, 2.75) is 90.1 Å². The maximum absolute atomic E-state index is 5.54. The van der Waals surface area contributed by atoms with Crippen LogP contribution in [0.25, 0.3) is 0 Å². The Hall–Kier alpha value is -1.02. The van der Waals surface area contributed by atoms with E-state index in [1.165, 1.54) is 75.3 Å². The van der Waals surface area contributed by atoms with Gasteiger partial charge in [-0.2, -0.15) is 0 Å². The molecule has 0 aromatic heterocycles. The zero-order valence-corrected chi connectivity index (χ0v) is 22.0. The van der Waals surface area contributed by atoms with Crippen LogP contribution in [0.1, 0.15) is 88.2 Å². The molecule has 198 valence electrons. The van der Waals surface area contributed by atoms with Gasteiger partial charge in [0.05, 0.1) is 0 Å². The third-order valence-corrected chi connectivity index (χ3v) is 6.18. The molecule has 6 heteroatoms. The zero-order valence-electron chi connectivity index (χ0n) is 22.0. The summed E-state index contributed by atoms with van der Waals surface area (Å²) in [6.07, 6.45) is 15.4. The van der Waals surface area contributed by atoms with Gasteiger partial charge in [0.15, 0.2) is 0 Å². The lowest BCUT2D eigenvalue weighted by Gasteiger charge is -2.09. The summed E-state index contributed by atoms with van der Waals surface area (Å²) >= 11 is 0. The first-order valence-electron chi connectivity index (χ1n) is 14.2. The highest BCUT2D eigenvalue weighted by atomic mass is 14.9. The molecule has 0 aliphatic rings. The van der Waals surface area contributed by atoms with Crippen LogP contribution in [0.3, 0.4) is 0 Å². The number of nitrogens with two attached hydrogens (primary N) is 2. The predicted octanol–water partition coefficient (Wildman–Crippen LogP) is 3.64. The van der Waals surface area contributed by atoms with Crippen LogP contribution in [-0.4, -0.2) is 52.4 Å². The second-order valence-corrected chi connectivity index (χ2v) is 9.49. The van der Waals surface area contributed by atoms with Crippen LogP contribution in [0.4, 0.5) is 0 Å². The van der Waals surface area contributed by atoms with Gasteiger partial charge in [-0.15, -0.1) is 0 Å². The summed E-state index contributed by atoms with van der Waals surface area (Å²) in [6, 6.07) is 8.98. The van der Waals surface area contributed by atoms with Gasteiger partial charge in [-0.1, -0.05) is 69.2 Å². The van der Waals surface area contributed by atoms with Crippen LogP contribution in [0, 0.1) is 0 Å². The van der Waals surface area contributed by atoms with Crippen LogP contribution in [0.5, 0.6) is 0 Å². The smallest absolute Gasteiger partial charge is 0.0205 e. The number of rotatable bonds is 26. The lowest BCUT2D eigenvalue weighted by molar-refractivity contribution is 0.546. The van der Waals surface area contributed by atoms with Crippen molar-refractivity contribution in [2.75, 3.05) is 52.4 Å². The fourth-order valence-corrected chi connectivity index (χ4v) is 4.10. The summed E-state index contributed by atoms with van der Waals surface area (Å²) in [5.41, 5.74) is 13.8. The maximum atomic E-state index is 5.54. The van der Waals surface area contributed by atoms with Gasteiger partial charge in [0.25, 0.3) is 0 Å². The Morgan fingerprint density at radius 1 is 0.441 bits per heavy atom. The molecule has 1 rings (SSSR count). The van der Waals surface area contributed by atoms with Crippen LogP contribution in [0.2, 0.25) is 0 Å². The summed E-state index contributed by atoms with van der Waals surface area (Å²) in [7, 11) is 0. The molecule has 8 N–H and O–H groups in total. The molecule has 0 unspecified atom stereocenters. The van der Waals surface area contributed by atoms with Gasteiger partial charge in [0, 0.05) is 13.1 Å². The average molecular weight is 477 g/mol. The van der Waals surface area contributed by atoms with E-state index in [1.54, 1.807) is 0 Å². The fourth-order valence-electron chi connectivity index (χ4n) is 4.10. The summed E-state index contributed by atoms with van der Waals surface area (Å²) in [6.45, 7) is 9.99. The van der Waals surface area contributed by atoms with E-state index in [4.69, 9.17) is 11.5 Å². The van der Waals surface area contributed by atoms with Gasteiger partial charge in [-0.05, 0) is 95.6 Å². The molecule has 0 spiro atoms. The number of unbranched alkanes of at least 4 members (excludes halogenated alkanes) is 8. The molecule has 34 heavy (non-hydrogen) atoms. The van der Waals surface area contributed by atoms with E-state index in [2.05, 4.69) is 45.5 Å². The van der Waals surface area contributed by atoms with Crippen molar-refractivity contribution in [1.29, 1.82) is 0 Å². The fraction of sp³-hybridized carbons (Fsp3) is 0.786. The van der Waals surface area contributed by atoms with E-state index >= 15 is 0 Å². The van der Waals surface area contributed by atoms with Gasteiger partial charge >= 0.3 is 0 Å². The first-order chi connectivity index (χ1) is 16.9. The first kappa shape index (κ1) is 31.0. The number of nitrogens with one attached hydrogen (secondary N) is 4. The number of benzene rings is 1. The van der Waals surface area contributed by atoms with Crippen LogP contribution in [-0.2, 0) is 13.1 Å². The Morgan fingerprint density at radius 2 is 0.853 bits per heavy atom. The normalized spacial score (nSPS) is 11.4. The molecule has 1 aromatic rings. The minimum atomic E-state index is 0.774. The third-order valence-electron chi connectivity index (χ3n) is 6.18. The molecule has 0 heterocycles. The highest BCUT2D eigenvalue weighted by Crippen LogP contribution is 2.09. The van der Waals surface area contributed by atoms with Gasteiger partial charge in [0.1, 0.15) is 0 Å². The molecule has 0 aliphatic heterocycles. The molecule has 0 aliphatic carbocycles. The number of hydrogen-bond acceptors (Lipinski definition) is 6. The van der Waals surface area contributed by atoms with Crippen LogP contribution in [0.15, 0.2) is 24.3 Å². The van der Waals surface area contributed by atoms with Crippen molar-refractivity contribution in [3.63, 3.8) is 0 Å². The second-order valence-electron chi connectivity index (χ2n) is 9.49. The monoisotopic (exact) mass is 476 g/mol. The molecular formula is C28H56N6. The first-order valence-corrected chi connectivity index (χ1v) is 14.2. The quantitative estimate of drug-likeness (QED) is 0.114. The van der Waals surface area contributed by atoms with E-state index in [0.29, 0.717) is 0 Å². The number of hydrogen-bond donors (Lipinski definition) is 6. The molecule has 0 bridgehead atoms. The molecule has 0 saturated carbocycles. The van der Waals surface area contributed by atoms with Crippen molar-refractivity contribution in [3.05, 3.63) is 35.4 Å². The second kappa shape index (κ2) is 25.1. The summed E-state index contributed by atoms with van der Waals surface area (Å²) in [4.78, 5) is 0. The Bertz CT molecular complexity index is 496. The topological polar surface area (TPSA) is 100 Å². The van der Waals surface area contributed by atoms with E-state index in [9.17, 15) is 0 Å². The highest BCUT2D eigenvalue weighted by molar-refractivity contribution is 5.23. The Kier molecular flexibility index (Phi) is 22.9. The molecule has 6 nitrogen and oxygen atoms in total. The Balaban J connectivity index is 1.91. The maximum Gasteiger partial charge on any atom is 0.0205 e. The van der Waals surface area contributed by atoms with Crippen LogP contribution < -0.4 is 32.7 Å². The average Bonchev–Trinajstić information content (AvgIpc) is 2.85. The standard InChI is InChI=1S/C28H56N6/c29-16-8-6-4-2-1-3-5-7-9-18-33-25-27-14-10-15-28(24-27)26-34-23-13-22-32-21-12-20-31-19-11-17-30/h10,14-15,24,31-34H,1-9,11-13,16-23,25-26,29-30H2. The predicted molar refractivity (Wildman–Crippen MR) is 149 cm³/mol. The molecular weight excluding hydrogens is 420 g/mol. The third kappa shape index (κ3) is 20.4. The van der Waals surface area contributed by atoms with E-state index < -0.39 is 0 Å². The van der Waals surface area contributed by atoms with Crippen molar-refractivity contribution < 1.29 is 0 Å². The van der Waals surface area contributed by atoms with E-state index in [0.717, 1.165) is 78.3 Å². The Labute approximate surface area is 210 Å². The van der Waals surface area contributed by atoms with E-state index in [1.807, 2.05) is 0 Å². The minimum absolute atomic E-state index is 0.774. The molecule has 0 amide bonds. The van der Waals surface area contributed by atoms with Crippen LogP contribution >= 0.6 is 0 Å². The van der Waals surface area contributed by atoms with Gasteiger partial charge in [0.2, 0.25) is 0 Å². The molecule has 0 saturated heterocycles.